The first-order valence-electron chi connectivity index (χ1n) is 20.9. The van der Waals surface area contributed by atoms with Crippen LogP contribution in [-0.2, 0) is 47.9 Å². The average molecular weight is 821 g/mol. The van der Waals surface area contributed by atoms with Gasteiger partial charge in [0.2, 0.25) is 0 Å². The fourth-order valence-electron chi connectivity index (χ4n) is 7.42. The zero-order chi connectivity index (χ0) is 42.0. The molecule has 0 amide bonds. The second kappa shape index (κ2) is 24.5. The molecule has 7 nitrogen and oxygen atoms in total. The molecule has 9 heteroatoms. The molecule has 1 aliphatic rings. The van der Waals surface area contributed by atoms with Gasteiger partial charge < -0.3 is 18.9 Å². The maximum Gasteiger partial charge on any atom is 0.333 e. The van der Waals surface area contributed by atoms with Gasteiger partial charge in [0.05, 0.1) is 0 Å². The van der Waals surface area contributed by atoms with Gasteiger partial charge in [-0.05, 0) is 147 Å². The van der Waals surface area contributed by atoms with Gasteiger partial charge in [-0.3, -0.25) is 0 Å². The summed E-state index contributed by atoms with van der Waals surface area (Å²) < 4.78 is 23.7. The topological polar surface area (TPSA) is 88.1 Å². The minimum absolute atomic E-state index is 0.0970. The quantitative estimate of drug-likeness (QED) is 0.0339. The largest absolute Gasteiger partial charge is 0.492 e. The SMILES string of the molecule is C=C(C)C(=O)OCC(COC(=O)C(=C)C)(COC(=O)C(=C)C)COc1c(CCCS)cc(-c2ccc(C3CCC(CCCCC)CC3)cc2CC)cc1CCCS. The monoisotopic (exact) mass is 820 g/mol. The van der Waals surface area contributed by atoms with Crippen molar-refractivity contribution in [3.63, 3.8) is 0 Å². The Bertz CT molecular complexity index is 1580. The maximum absolute atomic E-state index is 12.7. The molecular weight excluding hydrogens is 753 g/mol. The molecule has 2 aromatic carbocycles. The summed E-state index contributed by atoms with van der Waals surface area (Å²) in [5, 5.41) is 0. The van der Waals surface area contributed by atoms with Crippen LogP contribution in [0.5, 0.6) is 5.75 Å². The van der Waals surface area contributed by atoms with Crippen LogP contribution in [0.15, 0.2) is 66.8 Å². The molecule has 0 saturated heterocycles. The van der Waals surface area contributed by atoms with E-state index in [0.29, 0.717) is 36.0 Å². The predicted octanol–water partition coefficient (Wildman–Crippen LogP) is 11.2. The highest BCUT2D eigenvalue weighted by molar-refractivity contribution is 7.80. The van der Waals surface area contributed by atoms with Crippen molar-refractivity contribution in [2.45, 2.75) is 124 Å². The lowest BCUT2D eigenvalue weighted by molar-refractivity contribution is -0.159. The summed E-state index contributed by atoms with van der Waals surface area (Å²) >= 11 is 9.11. The highest BCUT2D eigenvalue weighted by Gasteiger charge is 2.38. The van der Waals surface area contributed by atoms with E-state index < -0.39 is 23.3 Å². The van der Waals surface area contributed by atoms with E-state index in [0.717, 1.165) is 41.9 Å². The van der Waals surface area contributed by atoms with E-state index in [-0.39, 0.29) is 43.1 Å². The standard InChI is InChI=1S/C48H68O7S2/c1-9-11-12-15-36-18-20-38(21-19-36)39-22-23-43(37(10-2)26-39)42-27-40(16-13-24-56)44(41(28-42)17-14-25-57)52-29-48(30-53-45(49)33(3)4,31-54-46(50)34(5)6)32-55-47(51)35(7)8/h22-23,26-28,36,38,56-57H,3,5,7,9-21,24-25,29-32H2,1-2,4,6,8H3. The lowest BCUT2D eigenvalue weighted by Gasteiger charge is -2.33. The molecule has 0 spiro atoms. The van der Waals surface area contributed by atoms with Crippen LogP contribution in [0.4, 0.5) is 0 Å². The Morgan fingerprint density at radius 2 is 1.19 bits per heavy atom. The molecule has 0 radical (unpaired) electrons. The lowest BCUT2D eigenvalue weighted by Crippen LogP contribution is -2.44. The molecule has 0 unspecified atom stereocenters. The Labute approximate surface area is 354 Å². The summed E-state index contributed by atoms with van der Waals surface area (Å²) in [6.07, 6.45) is 14.5. The number of hydrogen-bond donors (Lipinski definition) is 2. The molecule has 1 aliphatic carbocycles. The van der Waals surface area contributed by atoms with Crippen molar-refractivity contribution in [2.75, 3.05) is 37.9 Å². The number of carbonyl (C=O) groups excluding carboxylic acids is 3. The van der Waals surface area contributed by atoms with Gasteiger partial charge >= 0.3 is 17.9 Å². The molecule has 0 atom stereocenters. The summed E-state index contributed by atoms with van der Waals surface area (Å²) in [7, 11) is 0. The molecule has 314 valence electrons. The molecule has 57 heavy (non-hydrogen) atoms. The summed E-state index contributed by atoms with van der Waals surface area (Å²) in [4.78, 5) is 38.0. The van der Waals surface area contributed by atoms with Crippen molar-refractivity contribution in [2.24, 2.45) is 11.3 Å². The third-order valence-electron chi connectivity index (χ3n) is 10.9. The summed E-state index contributed by atoms with van der Waals surface area (Å²) in [5.74, 6) is 1.70. The number of thiol groups is 2. The summed E-state index contributed by atoms with van der Waals surface area (Å²) in [6, 6.07) is 11.6. The number of rotatable bonds is 25. The molecule has 2 aromatic rings. The van der Waals surface area contributed by atoms with Crippen molar-refractivity contribution in [3.8, 4) is 16.9 Å². The van der Waals surface area contributed by atoms with Gasteiger partial charge in [-0.15, -0.1) is 0 Å². The van der Waals surface area contributed by atoms with Gasteiger partial charge in [0, 0.05) is 16.7 Å². The normalized spacial score (nSPS) is 15.4. The number of ether oxygens (including phenoxy) is 4. The summed E-state index contributed by atoms with van der Waals surface area (Å²) in [6.45, 7) is 19.3. The Balaban J connectivity index is 2.06. The molecular formula is C48H68O7S2. The van der Waals surface area contributed by atoms with Crippen molar-refractivity contribution >= 4 is 43.2 Å². The number of benzene rings is 2. The van der Waals surface area contributed by atoms with Crippen molar-refractivity contribution in [3.05, 3.63) is 89.0 Å². The molecule has 0 aromatic heterocycles. The van der Waals surface area contributed by atoms with E-state index in [4.69, 9.17) is 18.9 Å². The third-order valence-corrected chi connectivity index (χ3v) is 11.5. The Morgan fingerprint density at radius 1 is 0.684 bits per heavy atom. The van der Waals surface area contributed by atoms with E-state index in [1.165, 1.54) is 68.1 Å². The van der Waals surface area contributed by atoms with Crippen LogP contribution in [0, 0.1) is 11.3 Å². The molecule has 1 saturated carbocycles. The van der Waals surface area contributed by atoms with Gasteiger partial charge in [0.25, 0.3) is 0 Å². The minimum Gasteiger partial charge on any atom is -0.492 e. The highest BCUT2D eigenvalue weighted by Crippen LogP contribution is 2.41. The van der Waals surface area contributed by atoms with Crippen LogP contribution in [0.2, 0.25) is 0 Å². The molecule has 0 heterocycles. The van der Waals surface area contributed by atoms with Crippen LogP contribution in [0.3, 0.4) is 0 Å². The molecule has 3 rings (SSSR count). The predicted molar refractivity (Wildman–Crippen MR) is 240 cm³/mol. The van der Waals surface area contributed by atoms with Crippen LogP contribution in [0.1, 0.15) is 127 Å². The minimum atomic E-state index is -1.28. The zero-order valence-corrected chi connectivity index (χ0v) is 37.1. The van der Waals surface area contributed by atoms with Crippen LogP contribution < -0.4 is 4.74 Å². The van der Waals surface area contributed by atoms with E-state index in [1.54, 1.807) is 20.8 Å². The maximum atomic E-state index is 12.7. The first-order chi connectivity index (χ1) is 27.3. The van der Waals surface area contributed by atoms with E-state index >= 15 is 0 Å². The number of unbranched alkanes of at least 4 members (excludes halogenated alkanes) is 2. The van der Waals surface area contributed by atoms with E-state index in [9.17, 15) is 14.4 Å². The Kier molecular flexibility index (Phi) is 20.6. The number of hydrogen-bond acceptors (Lipinski definition) is 9. The number of esters is 3. The van der Waals surface area contributed by atoms with Crippen LogP contribution in [0.25, 0.3) is 11.1 Å². The first kappa shape index (κ1) is 47.9. The number of carbonyl (C=O) groups is 3. The molecule has 0 aliphatic heterocycles. The lowest BCUT2D eigenvalue weighted by atomic mass is 9.76. The van der Waals surface area contributed by atoms with Crippen LogP contribution >= 0.6 is 25.3 Å². The van der Waals surface area contributed by atoms with Crippen molar-refractivity contribution in [1.82, 2.24) is 0 Å². The summed E-state index contributed by atoms with van der Waals surface area (Å²) in [5.41, 5.74) is 6.52. The van der Waals surface area contributed by atoms with E-state index in [2.05, 4.69) is 89.2 Å². The van der Waals surface area contributed by atoms with Gasteiger partial charge in [0.15, 0.2) is 0 Å². The fourth-order valence-corrected chi connectivity index (χ4v) is 7.73. The van der Waals surface area contributed by atoms with Crippen LogP contribution in [-0.4, -0.2) is 55.8 Å². The highest BCUT2D eigenvalue weighted by atomic mass is 32.1. The zero-order valence-electron chi connectivity index (χ0n) is 35.3. The molecule has 0 bridgehead atoms. The molecule has 0 N–H and O–H groups in total. The van der Waals surface area contributed by atoms with E-state index in [1.807, 2.05) is 0 Å². The van der Waals surface area contributed by atoms with Crippen molar-refractivity contribution in [1.29, 1.82) is 0 Å². The fraction of sp³-hybridized carbons (Fsp3) is 0.562. The average Bonchev–Trinajstić information content (AvgIpc) is 3.21. The van der Waals surface area contributed by atoms with Gasteiger partial charge in [0.1, 0.15) is 37.6 Å². The van der Waals surface area contributed by atoms with Crippen molar-refractivity contribution < 1.29 is 33.3 Å². The first-order valence-corrected chi connectivity index (χ1v) is 22.2. The third kappa shape index (κ3) is 15.0. The number of aryl methyl sites for hydroxylation is 3. The van der Waals surface area contributed by atoms with Gasteiger partial charge in [-0.25, -0.2) is 14.4 Å². The van der Waals surface area contributed by atoms with Gasteiger partial charge in [-0.2, -0.15) is 25.3 Å². The smallest absolute Gasteiger partial charge is 0.333 e. The second-order valence-electron chi connectivity index (χ2n) is 16.1. The Hall–Kier alpha value is -3.43. The van der Waals surface area contributed by atoms with Gasteiger partial charge in [-0.1, -0.05) is 77.5 Å². The Morgan fingerprint density at radius 3 is 1.63 bits per heavy atom. The second-order valence-corrected chi connectivity index (χ2v) is 17.0. The molecule has 1 fully saturated rings.